The molecule has 1 fully saturated rings. The second kappa shape index (κ2) is 8.47. The summed E-state index contributed by atoms with van der Waals surface area (Å²) < 4.78 is 33.7. The van der Waals surface area contributed by atoms with Gasteiger partial charge in [0.1, 0.15) is 0 Å². The summed E-state index contributed by atoms with van der Waals surface area (Å²) in [6.07, 6.45) is 0.905. The SMILES string of the molecule is N#CC1CN(C(=O)Nc2cccc(S(=O)(=O)Nc3cccc4c(Cl)c[nH]c34)c2)CCO1. The zero-order chi connectivity index (χ0) is 22.0. The van der Waals surface area contributed by atoms with Crippen molar-refractivity contribution < 1.29 is 17.9 Å². The minimum absolute atomic E-state index is 0.0168. The Balaban J connectivity index is 1.53. The molecule has 0 aliphatic carbocycles. The molecule has 3 aromatic rings. The standard InChI is InChI=1S/C20H18ClN5O4S/c21-17-11-23-19-16(17)5-2-6-18(19)25-31(28,29)15-4-1-3-13(9-15)24-20(27)26-7-8-30-14(10-22)12-26/h1-6,9,11,14,23,25H,7-8,12H2,(H,24,27). The Bertz CT molecular complexity index is 1280. The van der Waals surface area contributed by atoms with Crippen molar-refractivity contribution in [1.29, 1.82) is 5.26 Å². The number of nitriles is 1. The molecular formula is C20H18ClN5O4S. The summed E-state index contributed by atoms with van der Waals surface area (Å²) in [6.45, 7) is 0.745. The molecule has 2 heterocycles. The predicted octanol–water partition coefficient (Wildman–Crippen LogP) is 3.38. The lowest BCUT2D eigenvalue weighted by Gasteiger charge is -2.29. The molecule has 2 aromatic carbocycles. The molecule has 1 aromatic heterocycles. The third-order valence-electron chi connectivity index (χ3n) is 4.80. The first-order chi connectivity index (χ1) is 14.9. The van der Waals surface area contributed by atoms with Crippen LogP contribution in [-0.4, -0.2) is 50.1 Å². The average molecular weight is 460 g/mol. The highest BCUT2D eigenvalue weighted by Crippen LogP contribution is 2.30. The number of rotatable bonds is 4. The van der Waals surface area contributed by atoms with Gasteiger partial charge in [-0.05, 0) is 24.3 Å². The molecule has 160 valence electrons. The van der Waals surface area contributed by atoms with E-state index in [0.717, 1.165) is 0 Å². The zero-order valence-electron chi connectivity index (χ0n) is 16.1. The van der Waals surface area contributed by atoms with Gasteiger partial charge in [0.25, 0.3) is 10.0 Å². The largest absolute Gasteiger partial charge is 0.360 e. The normalized spacial score (nSPS) is 16.6. The van der Waals surface area contributed by atoms with Crippen molar-refractivity contribution in [1.82, 2.24) is 9.88 Å². The molecule has 9 nitrogen and oxygen atoms in total. The monoisotopic (exact) mass is 459 g/mol. The van der Waals surface area contributed by atoms with Gasteiger partial charge < -0.3 is 19.9 Å². The van der Waals surface area contributed by atoms with Crippen molar-refractivity contribution in [3.8, 4) is 6.07 Å². The molecule has 4 rings (SSSR count). The molecule has 0 saturated carbocycles. The van der Waals surface area contributed by atoms with E-state index in [4.69, 9.17) is 21.6 Å². The first-order valence-corrected chi connectivity index (χ1v) is 11.2. The highest BCUT2D eigenvalue weighted by atomic mass is 35.5. The first-order valence-electron chi connectivity index (χ1n) is 9.33. The Morgan fingerprint density at radius 2 is 2.10 bits per heavy atom. The molecule has 11 heteroatoms. The highest BCUT2D eigenvalue weighted by molar-refractivity contribution is 7.92. The number of nitrogens with zero attached hydrogens (tertiary/aromatic N) is 2. The number of halogens is 1. The maximum Gasteiger partial charge on any atom is 0.322 e. The molecule has 0 radical (unpaired) electrons. The van der Waals surface area contributed by atoms with Crippen molar-refractivity contribution in [2.45, 2.75) is 11.0 Å². The number of sulfonamides is 1. The predicted molar refractivity (Wildman–Crippen MR) is 117 cm³/mol. The number of nitrogens with one attached hydrogen (secondary N) is 3. The first kappa shape index (κ1) is 21.0. The number of anilines is 2. The topological polar surface area (TPSA) is 127 Å². The molecule has 1 aliphatic rings. The fourth-order valence-corrected chi connectivity index (χ4v) is 4.59. The van der Waals surface area contributed by atoms with Crippen LogP contribution < -0.4 is 10.0 Å². The average Bonchev–Trinajstić information content (AvgIpc) is 3.16. The number of ether oxygens (including phenoxy) is 1. The summed E-state index contributed by atoms with van der Waals surface area (Å²) in [7, 11) is -3.93. The maximum absolute atomic E-state index is 12.9. The molecule has 2 amide bonds. The number of morpholine rings is 1. The summed E-state index contributed by atoms with van der Waals surface area (Å²) in [4.78, 5) is 16.9. The molecular weight excluding hydrogens is 442 g/mol. The quantitative estimate of drug-likeness (QED) is 0.551. The van der Waals surface area contributed by atoms with Gasteiger partial charge >= 0.3 is 6.03 Å². The highest BCUT2D eigenvalue weighted by Gasteiger charge is 2.24. The number of H-pyrrole nitrogens is 1. The number of amides is 2. The van der Waals surface area contributed by atoms with Gasteiger partial charge in [0.05, 0.1) is 40.3 Å². The van der Waals surface area contributed by atoms with Crippen molar-refractivity contribution >= 4 is 49.9 Å². The van der Waals surface area contributed by atoms with Gasteiger partial charge in [-0.15, -0.1) is 0 Å². The van der Waals surface area contributed by atoms with Gasteiger partial charge in [0, 0.05) is 23.8 Å². The Morgan fingerprint density at radius 1 is 1.29 bits per heavy atom. The fourth-order valence-electron chi connectivity index (χ4n) is 3.26. The van der Waals surface area contributed by atoms with Crippen LogP contribution in [0.15, 0.2) is 53.6 Å². The summed E-state index contributed by atoms with van der Waals surface area (Å²) >= 11 is 6.11. The van der Waals surface area contributed by atoms with Crippen molar-refractivity contribution in [3.63, 3.8) is 0 Å². The van der Waals surface area contributed by atoms with Crippen LogP contribution in [0.4, 0.5) is 16.2 Å². The van der Waals surface area contributed by atoms with E-state index in [1.54, 1.807) is 30.5 Å². The van der Waals surface area contributed by atoms with Crippen molar-refractivity contribution in [3.05, 3.63) is 53.7 Å². The lowest BCUT2D eigenvalue weighted by molar-refractivity contribution is 0.0181. The third kappa shape index (κ3) is 4.44. The molecule has 3 N–H and O–H groups in total. The van der Waals surface area contributed by atoms with Gasteiger partial charge in [0.2, 0.25) is 0 Å². The van der Waals surface area contributed by atoms with E-state index in [1.807, 2.05) is 6.07 Å². The minimum Gasteiger partial charge on any atom is -0.360 e. The number of fused-ring (bicyclic) bond motifs is 1. The number of hydrogen-bond acceptors (Lipinski definition) is 5. The van der Waals surface area contributed by atoms with Crippen molar-refractivity contribution in [2.75, 3.05) is 29.7 Å². The maximum atomic E-state index is 12.9. The Hall–Kier alpha value is -3.26. The van der Waals surface area contributed by atoms with E-state index < -0.39 is 22.2 Å². The van der Waals surface area contributed by atoms with E-state index in [9.17, 15) is 13.2 Å². The Morgan fingerprint density at radius 3 is 2.90 bits per heavy atom. The smallest absolute Gasteiger partial charge is 0.322 e. The number of para-hydroxylation sites is 1. The molecule has 0 bridgehead atoms. The van der Waals surface area contributed by atoms with Gasteiger partial charge in [-0.3, -0.25) is 4.72 Å². The van der Waals surface area contributed by atoms with Gasteiger partial charge in [-0.25, -0.2) is 13.2 Å². The lowest BCUT2D eigenvalue weighted by atomic mass is 10.2. The van der Waals surface area contributed by atoms with Crippen LogP contribution in [0, 0.1) is 11.3 Å². The van der Waals surface area contributed by atoms with Crippen LogP contribution in [0.5, 0.6) is 0 Å². The molecule has 1 aliphatic heterocycles. The zero-order valence-corrected chi connectivity index (χ0v) is 17.7. The van der Waals surface area contributed by atoms with Crippen LogP contribution in [0.25, 0.3) is 10.9 Å². The van der Waals surface area contributed by atoms with E-state index in [-0.39, 0.29) is 18.0 Å². The second-order valence-corrected chi connectivity index (χ2v) is 8.95. The minimum atomic E-state index is -3.93. The van der Waals surface area contributed by atoms with Crippen LogP contribution in [0.2, 0.25) is 5.02 Å². The fraction of sp³-hybridized carbons (Fsp3) is 0.200. The van der Waals surface area contributed by atoms with E-state index in [2.05, 4.69) is 15.0 Å². The number of carbonyl (C=O) groups excluding carboxylic acids is 1. The van der Waals surface area contributed by atoms with Crippen molar-refractivity contribution in [2.24, 2.45) is 0 Å². The third-order valence-corrected chi connectivity index (χ3v) is 6.48. The summed E-state index contributed by atoms with van der Waals surface area (Å²) in [5.74, 6) is 0. The molecule has 1 saturated heterocycles. The summed E-state index contributed by atoms with van der Waals surface area (Å²) in [5, 5.41) is 12.8. The lowest BCUT2D eigenvalue weighted by Crippen LogP contribution is -2.46. The number of carbonyl (C=O) groups is 1. The van der Waals surface area contributed by atoms with E-state index in [0.29, 0.717) is 33.8 Å². The summed E-state index contributed by atoms with van der Waals surface area (Å²) in [6, 6.07) is 12.6. The molecule has 1 atom stereocenters. The van der Waals surface area contributed by atoms with Crippen LogP contribution in [0.3, 0.4) is 0 Å². The van der Waals surface area contributed by atoms with E-state index in [1.165, 1.54) is 23.1 Å². The Labute approximate surface area is 183 Å². The number of aromatic amines is 1. The van der Waals surface area contributed by atoms with Crippen LogP contribution >= 0.6 is 11.6 Å². The second-order valence-electron chi connectivity index (χ2n) is 6.86. The van der Waals surface area contributed by atoms with Crippen LogP contribution in [0.1, 0.15) is 0 Å². The molecule has 31 heavy (non-hydrogen) atoms. The Kier molecular flexibility index (Phi) is 5.73. The number of urea groups is 1. The van der Waals surface area contributed by atoms with Gasteiger partial charge in [-0.1, -0.05) is 29.8 Å². The number of hydrogen-bond donors (Lipinski definition) is 3. The molecule has 0 spiro atoms. The van der Waals surface area contributed by atoms with Gasteiger partial charge in [0.15, 0.2) is 6.10 Å². The number of benzene rings is 2. The molecule has 1 unspecified atom stereocenters. The van der Waals surface area contributed by atoms with Crippen LogP contribution in [-0.2, 0) is 14.8 Å². The van der Waals surface area contributed by atoms with E-state index >= 15 is 0 Å². The summed E-state index contributed by atoms with van der Waals surface area (Å²) in [5.41, 5.74) is 1.24. The number of aromatic nitrogens is 1. The van der Waals surface area contributed by atoms with Gasteiger partial charge in [-0.2, -0.15) is 5.26 Å².